The molecule has 1 aromatic heterocycles. The summed E-state index contributed by atoms with van der Waals surface area (Å²) in [6.45, 7) is 1.60. The summed E-state index contributed by atoms with van der Waals surface area (Å²) in [5.74, 6) is 0.125. The van der Waals surface area contributed by atoms with Gasteiger partial charge in [-0.1, -0.05) is 0 Å². The number of aromatic nitrogens is 2. The molecule has 3 rings (SSSR count). The predicted molar refractivity (Wildman–Crippen MR) is 63.3 cm³/mol. The first-order valence-corrected chi connectivity index (χ1v) is 6.10. The molecule has 2 saturated carbocycles. The second kappa shape index (κ2) is 3.55. The van der Waals surface area contributed by atoms with Gasteiger partial charge in [0.15, 0.2) is 0 Å². The molecule has 6 nitrogen and oxygen atoms in total. The fourth-order valence-corrected chi connectivity index (χ4v) is 3.31. The second-order valence-electron chi connectivity index (χ2n) is 5.50. The zero-order valence-electron chi connectivity index (χ0n) is 10.1. The van der Waals surface area contributed by atoms with Crippen molar-refractivity contribution in [1.82, 2.24) is 9.55 Å². The molecule has 98 valence electrons. The van der Waals surface area contributed by atoms with Crippen LogP contribution in [0.2, 0.25) is 0 Å². The molecule has 4 atom stereocenters. The van der Waals surface area contributed by atoms with E-state index in [1.54, 1.807) is 13.1 Å². The highest BCUT2D eigenvalue weighted by atomic mass is 16.3. The van der Waals surface area contributed by atoms with Crippen LogP contribution in [0, 0.1) is 18.3 Å². The van der Waals surface area contributed by atoms with Crippen LogP contribution < -0.4 is 11.2 Å². The van der Waals surface area contributed by atoms with Crippen LogP contribution in [0.1, 0.15) is 24.4 Å². The quantitative estimate of drug-likeness (QED) is 0.639. The minimum absolute atomic E-state index is 0.0492. The molecule has 2 aliphatic carbocycles. The molecular weight excluding hydrogens is 236 g/mol. The summed E-state index contributed by atoms with van der Waals surface area (Å²) >= 11 is 0. The van der Waals surface area contributed by atoms with Crippen LogP contribution >= 0.6 is 0 Å². The van der Waals surface area contributed by atoms with E-state index in [-0.39, 0.29) is 24.1 Å². The number of hydrogen-bond acceptors (Lipinski definition) is 4. The largest absolute Gasteiger partial charge is 0.396 e. The molecule has 3 N–H and O–H groups in total. The van der Waals surface area contributed by atoms with E-state index in [1.807, 2.05) is 0 Å². The second-order valence-corrected chi connectivity index (χ2v) is 5.50. The van der Waals surface area contributed by atoms with Gasteiger partial charge < -0.3 is 10.2 Å². The molecule has 1 aromatic rings. The van der Waals surface area contributed by atoms with Gasteiger partial charge in [-0.05, 0) is 25.7 Å². The van der Waals surface area contributed by atoms with E-state index in [0.29, 0.717) is 12.0 Å². The maximum Gasteiger partial charge on any atom is 0.328 e. The molecule has 6 heteroatoms. The van der Waals surface area contributed by atoms with Crippen molar-refractivity contribution in [3.05, 3.63) is 32.6 Å². The topological polar surface area (TPSA) is 95.3 Å². The Balaban J connectivity index is 2.02. The smallest absolute Gasteiger partial charge is 0.328 e. The van der Waals surface area contributed by atoms with Crippen LogP contribution in [0.15, 0.2) is 15.8 Å². The minimum atomic E-state index is -0.573. The highest BCUT2D eigenvalue weighted by Crippen LogP contribution is 2.66. The maximum absolute atomic E-state index is 11.8. The Kier molecular flexibility index (Phi) is 2.30. The highest BCUT2D eigenvalue weighted by molar-refractivity contribution is 5.17. The molecule has 0 aliphatic heterocycles. The summed E-state index contributed by atoms with van der Waals surface area (Å²) in [5.41, 5.74) is -0.762. The summed E-state index contributed by atoms with van der Waals surface area (Å²) in [6, 6.07) is -0.129. The fourth-order valence-electron chi connectivity index (χ4n) is 3.31. The highest BCUT2D eigenvalue weighted by Gasteiger charge is 2.67. The number of aryl methyl sites for hydroxylation is 1. The molecule has 0 amide bonds. The van der Waals surface area contributed by atoms with Crippen LogP contribution in [-0.4, -0.2) is 32.5 Å². The normalized spacial score (nSPS) is 37.6. The molecule has 2 fully saturated rings. The lowest BCUT2D eigenvalue weighted by molar-refractivity contribution is 0.0599. The Morgan fingerprint density at radius 1 is 1.56 bits per heavy atom. The minimum Gasteiger partial charge on any atom is -0.396 e. The van der Waals surface area contributed by atoms with Crippen molar-refractivity contribution in [2.45, 2.75) is 31.9 Å². The molecule has 18 heavy (non-hydrogen) atoms. The number of rotatable bonds is 2. The molecule has 2 aliphatic rings. The van der Waals surface area contributed by atoms with Crippen molar-refractivity contribution in [2.24, 2.45) is 11.3 Å². The van der Waals surface area contributed by atoms with Gasteiger partial charge >= 0.3 is 5.69 Å². The number of nitrogens with one attached hydrogen (secondary N) is 1. The molecule has 0 radical (unpaired) electrons. The summed E-state index contributed by atoms with van der Waals surface area (Å²) < 4.78 is 1.50. The Labute approximate surface area is 103 Å². The lowest BCUT2D eigenvalue weighted by Crippen LogP contribution is -2.33. The molecule has 0 saturated heterocycles. The van der Waals surface area contributed by atoms with Gasteiger partial charge in [0.1, 0.15) is 0 Å². The van der Waals surface area contributed by atoms with Crippen molar-refractivity contribution >= 4 is 0 Å². The van der Waals surface area contributed by atoms with Crippen LogP contribution in [0.3, 0.4) is 0 Å². The average molecular weight is 252 g/mol. The standard InChI is InChI=1S/C12H16N2O4/c1-6-4-14(11(18)13-10(6)17)8-2-9(16)12(5-15)3-7(8)12/h4,7-9,15-16H,2-3,5H2,1H3,(H,13,17,18). The van der Waals surface area contributed by atoms with E-state index < -0.39 is 17.2 Å². The molecule has 0 spiro atoms. The van der Waals surface area contributed by atoms with E-state index >= 15 is 0 Å². The summed E-state index contributed by atoms with van der Waals surface area (Å²) in [7, 11) is 0. The number of aliphatic hydroxyl groups is 2. The summed E-state index contributed by atoms with van der Waals surface area (Å²) in [5, 5.41) is 19.4. The zero-order valence-corrected chi connectivity index (χ0v) is 10.1. The van der Waals surface area contributed by atoms with Gasteiger partial charge in [0, 0.05) is 23.2 Å². The van der Waals surface area contributed by atoms with Crippen LogP contribution in [0.25, 0.3) is 0 Å². The number of fused-ring (bicyclic) bond motifs is 1. The number of aromatic amines is 1. The lowest BCUT2D eigenvalue weighted by Gasteiger charge is -2.17. The predicted octanol–water partition coefficient (Wildman–Crippen LogP) is -0.851. The number of nitrogens with zero attached hydrogens (tertiary/aromatic N) is 1. The Morgan fingerprint density at radius 3 is 2.83 bits per heavy atom. The third-order valence-electron chi connectivity index (χ3n) is 4.57. The molecule has 0 bridgehead atoms. The van der Waals surface area contributed by atoms with E-state index in [0.717, 1.165) is 6.42 Å². The SMILES string of the molecule is Cc1cn(C2CC(O)C3(CO)CC23)c(=O)[nH]c1=O. The van der Waals surface area contributed by atoms with Gasteiger partial charge in [-0.2, -0.15) is 0 Å². The first kappa shape index (κ1) is 11.7. The number of H-pyrrole nitrogens is 1. The van der Waals surface area contributed by atoms with E-state index in [4.69, 9.17) is 0 Å². The summed E-state index contributed by atoms with van der Waals surface area (Å²) in [4.78, 5) is 25.4. The fraction of sp³-hybridized carbons (Fsp3) is 0.667. The third kappa shape index (κ3) is 1.36. The van der Waals surface area contributed by atoms with E-state index in [1.165, 1.54) is 4.57 Å². The number of hydrogen-bond donors (Lipinski definition) is 3. The monoisotopic (exact) mass is 252 g/mol. The van der Waals surface area contributed by atoms with Crippen molar-refractivity contribution in [3.8, 4) is 0 Å². The summed E-state index contributed by atoms with van der Waals surface area (Å²) in [6.07, 6.45) is 2.16. The van der Waals surface area contributed by atoms with Gasteiger partial charge in [-0.25, -0.2) is 4.79 Å². The number of aliphatic hydroxyl groups excluding tert-OH is 2. The van der Waals surface area contributed by atoms with Crippen LogP contribution in [0.4, 0.5) is 0 Å². The average Bonchev–Trinajstić information content (AvgIpc) is 3.01. The first-order valence-electron chi connectivity index (χ1n) is 6.10. The van der Waals surface area contributed by atoms with E-state index in [9.17, 15) is 19.8 Å². The Hall–Kier alpha value is -1.40. The van der Waals surface area contributed by atoms with Crippen molar-refractivity contribution in [3.63, 3.8) is 0 Å². The molecule has 0 aromatic carbocycles. The van der Waals surface area contributed by atoms with Crippen molar-refractivity contribution in [1.29, 1.82) is 0 Å². The Bertz CT molecular complexity index is 605. The van der Waals surface area contributed by atoms with Gasteiger partial charge in [-0.15, -0.1) is 0 Å². The van der Waals surface area contributed by atoms with Gasteiger partial charge in [0.2, 0.25) is 0 Å². The van der Waals surface area contributed by atoms with Crippen LogP contribution in [-0.2, 0) is 0 Å². The van der Waals surface area contributed by atoms with E-state index in [2.05, 4.69) is 4.98 Å². The van der Waals surface area contributed by atoms with Gasteiger partial charge in [0.05, 0.1) is 12.7 Å². The lowest BCUT2D eigenvalue weighted by atomic mass is 10.0. The maximum atomic E-state index is 11.8. The molecule has 1 heterocycles. The Morgan fingerprint density at radius 2 is 2.28 bits per heavy atom. The van der Waals surface area contributed by atoms with Crippen molar-refractivity contribution < 1.29 is 10.2 Å². The third-order valence-corrected chi connectivity index (χ3v) is 4.57. The van der Waals surface area contributed by atoms with Crippen molar-refractivity contribution in [2.75, 3.05) is 6.61 Å². The van der Waals surface area contributed by atoms with Gasteiger partial charge in [-0.3, -0.25) is 14.3 Å². The van der Waals surface area contributed by atoms with Crippen LogP contribution in [0.5, 0.6) is 0 Å². The first-order chi connectivity index (χ1) is 8.49. The zero-order chi connectivity index (χ0) is 13.1. The molecule has 4 unspecified atom stereocenters. The van der Waals surface area contributed by atoms with Gasteiger partial charge in [0.25, 0.3) is 5.56 Å². The molecular formula is C12H16N2O4.